The molecule has 0 fully saturated rings. The highest BCUT2D eigenvalue weighted by Crippen LogP contribution is 2.17. The van der Waals surface area contributed by atoms with Crippen LogP contribution >= 0.6 is 0 Å². The van der Waals surface area contributed by atoms with E-state index in [1.54, 1.807) is 0 Å². The molecule has 0 radical (unpaired) electrons. The van der Waals surface area contributed by atoms with Gasteiger partial charge in [0, 0.05) is 19.3 Å². The molecule has 0 aromatic carbocycles. The Bertz CT molecular complexity index is 1360. The van der Waals surface area contributed by atoms with Gasteiger partial charge < -0.3 is 14.2 Å². The van der Waals surface area contributed by atoms with Crippen molar-refractivity contribution in [2.75, 3.05) is 13.2 Å². The zero-order chi connectivity index (χ0) is 52.9. The molecule has 0 aliphatic heterocycles. The standard InChI is InChI=1S/C67H118O6/c1-4-7-10-13-16-19-22-25-26-27-28-29-30-31-32-33-34-35-36-37-38-39-40-43-45-48-51-54-57-60-66(69)72-63-64(73-67(70)61-58-55-52-49-46-42-24-21-18-15-12-9-6-3)62-71-65(68)59-56-53-50-47-44-41-23-20-17-14-11-8-5-2/h9,11-12,14,18,20-21,23,42,46,52,55,64H,4-8,10,13,15-17,19,22,24-41,43-45,47-51,53-54,56-63H2,1-3H3/b12-9-,14-11-,21-18-,23-20-,46-42-,55-52-. The van der Waals surface area contributed by atoms with Crippen molar-refractivity contribution < 1.29 is 28.6 Å². The van der Waals surface area contributed by atoms with Crippen LogP contribution in [0.4, 0.5) is 0 Å². The molecule has 0 bridgehead atoms. The third-order valence-electron chi connectivity index (χ3n) is 13.7. The SMILES string of the molecule is CC/C=C\C/C=C\C/C=C\C/C=C\CCC(=O)OC(COC(=O)CCCCCCC/C=C\C/C=C\CCC)COC(=O)CCCCCCCCCCCCCCCCCCCCCCCCCCCCCCC. The van der Waals surface area contributed by atoms with Crippen LogP contribution in [0.25, 0.3) is 0 Å². The van der Waals surface area contributed by atoms with E-state index in [0.717, 1.165) is 96.3 Å². The summed E-state index contributed by atoms with van der Waals surface area (Å²) in [6, 6.07) is 0. The molecule has 422 valence electrons. The predicted octanol–water partition coefficient (Wildman–Crippen LogP) is 21.3. The van der Waals surface area contributed by atoms with E-state index in [1.807, 2.05) is 6.08 Å². The molecule has 6 heteroatoms. The molecule has 0 saturated heterocycles. The van der Waals surface area contributed by atoms with Crippen LogP contribution in [-0.4, -0.2) is 37.2 Å². The van der Waals surface area contributed by atoms with Gasteiger partial charge in [-0.25, -0.2) is 0 Å². The maximum absolute atomic E-state index is 12.8. The molecule has 0 rings (SSSR count). The quantitative estimate of drug-likeness (QED) is 0.0261. The number of unbranched alkanes of at least 4 members (excludes halogenated alkanes) is 34. The number of hydrogen-bond acceptors (Lipinski definition) is 6. The highest BCUT2D eigenvalue weighted by Gasteiger charge is 2.19. The lowest BCUT2D eigenvalue weighted by molar-refractivity contribution is -0.166. The number of carbonyl (C=O) groups is 3. The Labute approximate surface area is 453 Å². The average Bonchev–Trinajstić information content (AvgIpc) is 3.39. The minimum Gasteiger partial charge on any atom is -0.462 e. The summed E-state index contributed by atoms with van der Waals surface area (Å²) in [5.41, 5.74) is 0. The van der Waals surface area contributed by atoms with Gasteiger partial charge in [0.2, 0.25) is 0 Å². The second-order valence-corrected chi connectivity index (χ2v) is 20.9. The van der Waals surface area contributed by atoms with Crippen LogP contribution in [0.15, 0.2) is 72.9 Å². The lowest BCUT2D eigenvalue weighted by Gasteiger charge is -2.18. The van der Waals surface area contributed by atoms with Crippen molar-refractivity contribution in [2.45, 2.75) is 322 Å². The van der Waals surface area contributed by atoms with Crippen molar-refractivity contribution in [3.8, 4) is 0 Å². The lowest BCUT2D eigenvalue weighted by atomic mass is 10.0. The van der Waals surface area contributed by atoms with E-state index in [4.69, 9.17) is 14.2 Å². The Morgan fingerprint density at radius 3 is 0.945 bits per heavy atom. The fraction of sp³-hybridized carbons (Fsp3) is 0.776. The zero-order valence-corrected chi connectivity index (χ0v) is 48.4. The van der Waals surface area contributed by atoms with Gasteiger partial charge in [-0.2, -0.15) is 0 Å². The van der Waals surface area contributed by atoms with Gasteiger partial charge >= 0.3 is 17.9 Å². The normalized spacial score (nSPS) is 12.5. The highest BCUT2D eigenvalue weighted by molar-refractivity contribution is 5.71. The minimum absolute atomic E-state index is 0.106. The fourth-order valence-corrected chi connectivity index (χ4v) is 9.03. The van der Waals surface area contributed by atoms with Gasteiger partial charge in [0.1, 0.15) is 13.2 Å². The number of carbonyl (C=O) groups excluding carboxylic acids is 3. The van der Waals surface area contributed by atoms with Crippen LogP contribution in [0.2, 0.25) is 0 Å². The van der Waals surface area contributed by atoms with Crippen LogP contribution in [0.5, 0.6) is 0 Å². The van der Waals surface area contributed by atoms with Gasteiger partial charge in [-0.05, 0) is 70.6 Å². The predicted molar refractivity (Wildman–Crippen MR) is 316 cm³/mol. The summed E-state index contributed by atoms with van der Waals surface area (Å²) in [6.07, 6.45) is 79.5. The molecule has 6 nitrogen and oxygen atoms in total. The first-order chi connectivity index (χ1) is 36.0. The average molecular weight is 1020 g/mol. The maximum atomic E-state index is 12.8. The van der Waals surface area contributed by atoms with E-state index in [9.17, 15) is 14.4 Å². The second kappa shape index (κ2) is 61.4. The van der Waals surface area contributed by atoms with Gasteiger partial charge in [0.15, 0.2) is 6.10 Å². The summed E-state index contributed by atoms with van der Waals surface area (Å²) in [7, 11) is 0. The van der Waals surface area contributed by atoms with Crippen molar-refractivity contribution >= 4 is 17.9 Å². The molecule has 73 heavy (non-hydrogen) atoms. The van der Waals surface area contributed by atoms with Crippen LogP contribution in [0, 0.1) is 0 Å². The molecular weight excluding hydrogens is 901 g/mol. The smallest absolute Gasteiger partial charge is 0.306 e. The van der Waals surface area contributed by atoms with E-state index >= 15 is 0 Å². The Morgan fingerprint density at radius 1 is 0.288 bits per heavy atom. The summed E-state index contributed by atoms with van der Waals surface area (Å²) in [5.74, 6) is -0.993. The van der Waals surface area contributed by atoms with Crippen molar-refractivity contribution in [3.05, 3.63) is 72.9 Å². The van der Waals surface area contributed by atoms with Crippen LogP contribution in [0.3, 0.4) is 0 Å². The lowest BCUT2D eigenvalue weighted by Crippen LogP contribution is -2.30. The van der Waals surface area contributed by atoms with Crippen LogP contribution in [-0.2, 0) is 28.6 Å². The third-order valence-corrected chi connectivity index (χ3v) is 13.7. The number of esters is 3. The highest BCUT2D eigenvalue weighted by atomic mass is 16.6. The molecule has 0 heterocycles. The Kier molecular flexibility index (Phi) is 58.7. The number of hydrogen-bond donors (Lipinski definition) is 0. The first kappa shape index (κ1) is 69.8. The van der Waals surface area contributed by atoms with Gasteiger partial charge in [-0.1, -0.05) is 299 Å². The monoisotopic (exact) mass is 1020 g/mol. The van der Waals surface area contributed by atoms with E-state index in [0.29, 0.717) is 19.3 Å². The first-order valence-corrected chi connectivity index (χ1v) is 31.4. The summed E-state index contributed by atoms with van der Waals surface area (Å²) < 4.78 is 16.8. The van der Waals surface area contributed by atoms with Gasteiger partial charge in [-0.15, -0.1) is 0 Å². The number of ether oxygens (including phenoxy) is 3. The van der Waals surface area contributed by atoms with Gasteiger partial charge in [0.25, 0.3) is 0 Å². The molecule has 0 aliphatic rings. The Morgan fingerprint density at radius 2 is 0.589 bits per heavy atom. The summed E-state index contributed by atoms with van der Waals surface area (Å²) in [4.78, 5) is 38.1. The molecule has 0 aromatic heterocycles. The maximum Gasteiger partial charge on any atom is 0.306 e. The summed E-state index contributed by atoms with van der Waals surface area (Å²) >= 11 is 0. The van der Waals surface area contributed by atoms with E-state index < -0.39 is 12.1 Å². The first-order valence-electron chi connectivity index (χ1n) is 31.4. The Hall–Kier alpha value is -3.15. The van der Waals surface area contributed by atoms with Crippen LogP contribution in [0.1, 0.15) is 316 Å². The molecule has 0 saturated carbocycles. The van der Waals surface area contributed by atoms with Crippen LogP contribution < -0.4 is 0 Å². The third kappa shape index (κ3) is 59.6. The second-order valence-electron chi connectivity index (χ2n) is 20.9. The molecule has 1 unspecified atom stereocenters. The molecular formula is C67H118O6. The minimum atomic E-state index is -0.818. The van der Waals surface area contributed by atoms with E-state index in [-0.39, 0.29) is 31.6 Å². The fourth-order valence-electron chi connectivity index (χ4n) is 9.03. The Balaban J connectivity index is 4.18. The topological polar surface area (TPSA) is 78.9 Å². The van der Waals surface area contributed by atoms with E-state index in [1.165, 1.54) is 173 Å². The van der Waals surface area contributed by atoms with Crippen molar-refractivity contribution in [3.63, 3.8) is 0 Å². The molecule has 1 atom stereocenters. The summed E-state index contributed by atoms with van der Waals surface area (Å²) in [6.45, 7) is 6.42. The molecule has 0 aromatic rings. The zero-order valence-electron chi connectivity index (χ0n) is 48.4. The van der Waals surface area contributed by atoms with Gasteiger partial charge in [0.05, 0.1) is 0 Å². The van der Waals surface area contributed by atoms with Crippen molar-refractivity contribution in [1.29, 1.82) is 0 Å². The molecule has 0 amide bonds. The molecule has 0 N–H and O–H groups in total. The molecule has 0 spiro atoms. The van der Waals surface area contributed by atoms with Crippen molar-refractivity contribution in [2.24, 2.45) is 0 Å². The largest absolute Gasteiger partial charge is 0.462 e. The van der Waals surface area contributed by atoms with Gasteiger partial charge in [-0.3, -0.25) is 14.4 Å². The van der Waals surface area contributed by atoms with E-state index in [2.05, 4.69) is 87.6 Å². The molecule has 0 aliphatic carbocycles. The number of rotatable bonds is 57. The number of allylic oxidation sites excluding steroid dienone is 12. The summed E-state index contributed by atoms with van der Waals surface area (Å²) in [5, 5.41) is 0. The van der Waals surface area contributed by atoms with Crippen molar-refractivity contribution in [1.82, 2.24) is 0 Å².